The molecule has 6 nitrogen and oxygen atoms in total. The van der Waals surface area contributed by atoms with Gasteiger partial charge in [0.05, 0.1) is 11.5 Å². The zero-order valence-electron chi connectivity index (χ0n) is 10.3. The molecule has 0 spiro atoms. The van der Waals surface area contributed by atoms with Gasteiger partial charge in [0.25, 0.3) is 5.69 Å². The molecular formula is C12H17N3O3. The van der Waals surface area contributed by atoms with Crippen molar-refractivity contribution in [2.24, 2.45) is 0 Å². The highest BCUT2D eigenvalue weighted by Crippen LogP contribution is 2.14. The number of rotatable bonds is 7. The number of anilines is 1. The van der Waals surface area contributed by atoms with Gasteiger partial charge < -0.3 is 10.6 Å². The third-order valence-electron chi connectivity index (χ3n) is 2.35. The van der Waals surface area contributed by atoms with E-state index in [0.717, 1.165) is 19.4 Å². The Morgan fingerprint density at radius 2 is 2.00 bits per heavy atom. The molecular weight excluding hydrogens is 234 g/mol. The Hall–Kier alpha value is -1.95. The fourth-order valence-corrected chi connectivity index (χ4v) is 1.38. The first-order valence-electron chi connectivity index (χ1n) is 5.88. The van der Waals surface area contributed by atoms with Crippen LogP contribution in [-0.2, 0) is 4.79 Å². The maximum Gasteiger partial charge on any atom is 0.269 e. The van der Waals surface area contributed by atoms with Gasteiger partial charge in [0.1, 0.15) is 0 Å². The Labute approximate surface area is 106 Å². The summed E-state index contributed by atoms with van der Waals surface area (Å²) in [4.78, 5) is 21.5. The third kappa shape index (κ3) is 4.92. The molecule has 0 bridgehead atoms. The lowest BCUT2D eigenvalue weighted by molar-refractivity contribution is -0.384. The van der Waals surface area contributed by atoms with Gasteiger partial charge in [-0.25, -0.2) is 0 Å². The van der Waals surface area contributed by atoms with Gasteiger partial charge in [0.2, 0.25) is 5.91 Å². The highest BCUT2D eigenvalue weighted by molar-refractivity contribution is 5.92. The number of nitro groups is 1. The number of benzene rings is 1. The van der Waals surface area contributed by atoms with Crippen LogP contribution >= 0.6 is 0 Å². The number of unbranched alkanes of at least 4 members (excludes halogenated alkanes) is 1. The second-order valence-corrected chi connectivity index (χ2v) is 3.88. The predicted molar refractivity (Wildman–Crippen MR) is 69.5 cm³/mol. The van der Waals surface area contributed by atoms with Crippen LogP contribution in [0.15, 0.2) is 24.3 Å². The standard InChI is InChI=1S/C12H17N3O3/c1-2-3-8-13-9-12(16)14-10-4-6-11(7-5-10)15(17)18/h4-7,13H,2-3,8-9H2,1H3,(H,14,16). The van der Waals surface area contributed by atoms with Crippen LogP contribution in [0.4, 0.5) is 11.4 Å². The molecule has 0 aromatic heterocycles. The van der Waals surface area contributed by atoms with Crippen LogP contribution < -0.4 is 10.6 Å². The van der Waals surface area contributed by atoms with Crippen molar-refractivity contribution in [1.29, 1.82) is 0 Å². The molecule has 1 rings (SSSR count). The van der Waals surface area contributed by atoms with Gasteiger partial charge in [0, 0.05) is 17.8 Å². The highest BCUT2D eigenvalue weighted by atomic mass is 16.6. The zero-order valence-corrected chi connectivity index (χ0v) is 10.3. The second-order valence-electron chi connectivity index (χ2n) is 3.88. The molecule has 0 radical (unpaired) electrons. The molecule has 0 heterocycles. The molecule has 6 heteroatoms. The van der Waals surface area contributed by atoms with Crippen molar-refractivity contribution in [1.82, 2.24) is 5.32 Å². The summed E-state index contributed by atoms with van der Waals surface area (Å²) < 4.78 is 0. The molecule has 1 aromatic carbocycles. The first kappa shape index (κ1) is 14.1. The largest absolute Gasteiger partial charge is 0.325 e. The number of non-ortho nitro benzene ring substituents is 1. The summed E-state index contributed by atoms with van der Waals surface area (Å²) in [6.07, 6.45) is 2.11. The summed E-state index contributed by atoms with van der Waals surface area (Å²) in [5.41, 5.74) is 0.567. The molecule has 0 aliphatic rings. The monoisotopic (exact) mass is 251 g/mol. The Bertz CT molecular complexity index is 404. The number of nitrogens with one attached hydrogen (secondary N) is 2. The average Bonchev–Trinajstić information content (AvgIpc) is 2.35. The summed E-state index contributed by atoms with van der Waals surface area (Å²) >= 11 is 0. The molecule has 0 aliphatic carbocycles. The first-order chi connectivity index (χ1) is 8.63. The lowest BCUT2D eigenvalue weighted by Gasteiger charge is -2.06. The Kier molecular flexibility index (Phi) is 5.79. The van der Waals surface area contributed by atoms with E-state index in [9.17, 15) is 14.9 Å². The highest BCUT2D eigenvalue weighted by Gasteiger charge is 2.05. The van der Waals surface area contributed by atoms with Crippen molar-refractivity contribution >= 4 is 17.3 Å². The molecule has 0 atom stereocenters. The number of hydrogen-bond donors (Lipinski definition) is 2. The molecule has 0 fully saturated rings. The van der Waals surface area contributed by atoms with Crippen LogP contribution in [0.1, 0.15) is 19.8 Å². The zero-order chi connectivity index (χ0) is 13.4. The molecule has 0 unspecified atom stereocenters. The molecule has 0 saturated carbocycles. The second kappa shape index (κ2) is 7.39. The van der Waals surface area contributed by atoms with Gasteiger partial charge >= 0.3 is 0 Å². The van der Waals surface area contributed by atoms with Crippen LogP contribution in [0.25, 0.3) is 0 Å². The molecule has 98 valence electrons. The average molecular weight is 251 g/mol. The minimum Gasteiger partial charge on any atom is -0.325 e. The van der Waals surface area contributed by atoms with Crippen LogP contribution in [0, 0.1) is 10.1 Å². The fraction of sp³-hybridized carbons (Fsp3) is 0.417. The van der Waals surface area contributed by atoms with Gasteiger partial charge in [-0.15, -0.1) is 0 Å². The number of carbonyl (C=O) groups excluding carboxylic acids is 1. The van der Waals surface area contributed by atoms with E-state index in [4.69, 9.17) is 0 Å². The van der Waals surface area contributed by atoms with Crippen molar-refractivity contribution < 1.29 is 9.72 Å². The fourth-order valence-electron chi connectivity index (χ4n) is 1.38. The Balaban J connectivity index is 2.37. The van der Waals surface area contributed by atoms with Gasteiger partial charge in [-0.3, -0.25) is 14.9 Å². The topological polar surface area (TPSA) is 84.3 Å². The summed E-state index contributed by atoms with van der Waals surface area (Å²) in [6.45, 7) is 3.14. The molecule has 1 amide bonds. The van der Waals surface area contributed by atoms with Gasteiger partial charge in [-0.2, -0.15) is 0 Å². The smallest absolute Gasteiger partial charge is 0.269 e. The van der Waals surface area contributed by atoms with Crippen molar-refractivity contribution in [2.75, 3.05) is 18.4 Å². The SMILES string of the molecule is CCCCNCC(=O)Nc1ccc([N+](=O)[O-])cc1. The number of carbonyl (C=O) groups is 1. The summed E-state index contributed by atoms with van der Waals surface area (Å²) in [5, 5.41) is 16.1. The summed E-state index contributed by atoms with van der Waals surface area (Å²) in [7, 11) is 0. The van der Waals surface area contributed by atoms with Crippen LogP contribution in [0.5, 0.6) is 0 Å². The van der Waals surface area contributed by atoms with Crippen LogP contribution in [-0.4, -0.2) is 23.9 Å². The van der Waals surface area contributed by atoms with E-state index < -0.39 is 4.92 Å². The predicted octanol–water partition coefficient (Wildman–Crippen LogP) is 1.92. The van der Waals surface area contributed by atoms with E-state index in [1.807, 2.05) is 0 Å². The lowest BCUT2D eigenvalue weighted by atomic mass is 10.3. The van der Waals surface area contributed by atoms with E-state index in [1.165, 1.54) is 24.3 Å². The Morgan fingerprint density at radius 3 is 2.56 bits per heavy atom. The van der Waals surface area contributed by atoms with E-state index in [-0.39, 0.29) is 18.1 Å². The van der Waals surface area contributed by atoms with Gasteiger partial charge in [0.15, 0.2) is 0 Å². The minimum absolute atomic E-state index is 0.00840. The van der Waals surface area contributed by atoms with E-state index >= 15 is 0 Å². The molecule has 1 aromatic rings. The molecule has 0 saturated heterocycles. The summed E-state index contributed by atoms with van der Waals surface area (Å²) in [6, 6.07) is 5.75. The van der Waals surface area contributed by atoms with Crippen molar-refractivity contribution in [3.63, 3.8) is 0 Å². The van der Waals surface area contributed by atoms with Gasteiger partial charge in [-0.05, 0) is 25.1 Å². The number of amides is 1. The number of nitro benzene ring substituents is 1. The lowest BCUT2D eigenvalue weighted by Crippen LogP contribution is -2.28. The van der Waals surface area contributed by atoms with Crippen molar-refractivity contribution in [3.05, 3.63) is 34.4 Å². The van der Waals surface area contributed by atoms with E-state index in [1.54, 1.807) is 0 Å². The van der Waals surface area contributed by atoms with E-state index in [2.05, 4.69) is 17.6 Å². The number of nitrogens with zero attached hydrogens (tertiary/aromatic N) is 1. The molecule has 18 heavy (non-hydrogen) atoms. The van der Waals surface area contributed by atoms with Crippen molar-refractivity contribution in [2.45, 2.75) is 19.8 Å². The van der Waals surface area contributed by atoms with E-state index in [0.29, 0.717) is 5.69 Å². The maximum absolute atomic E-state index is 11.5. The normalized spacial score (nSPS) is 10.1. The van der Waals surface area contributed by atoms with Crippen LogP contribution in [0.2, 0.25) is 0 Å². The number of hydrogen-bond acceptors (Lipinski definition) is 4. The quantitative estimate of drug-likeness (QED) is 0.440. The Morgan fingerprint density at radius 1 is 1.33 bits per heavy atom. The van der Waals surface area contributed by atoms with Crippen molar-refractivity contribution in [3.8, 4) is 0 Å². The first-order valence-corrected chi connectivity index (χ1v) is 5.88. The maximum atomic E-state index is 11.5. The van der Waals surface area contributed by atoms with Crippen LogP contribution in [0.3, 0.4) is 0 Å². The summed E-state index contributed by atoms with van der Waals surface area (Å²) in [5.74, 6) is -0.153. The molecule has 2 N–H and O–H groups in total. The molecule has 0 aliphatic heterocycles. The third-order valence-corrected chi connectivity index (χ3v) is 2.35. The minimum atomic E-state index is -0.474. The van der Waals surface area contributed by atoms with Gasteiger partial charge in [-0.1, -0.05) is 13.3 Å².